The van der Waals surface area contributed by atoms with Crippen molar-refractivity contribution in [3.05, 3.63) is 45.9 Å². The smallest absolute Gasteiger partial charge is 0.244 e. The lowest BCUT2D eigenvalue weighted by molar-refractivity contribution is 0.514. The second-order valence-electron chi connectivity index (χ2n) is 5.34. The minimum Gasteiger partial charge on any atom is -0.245 e. The second-order valence-corrected chi connectivity index (χ2v) is 7.91. The summed E-state index contributed by atoms with van der Waals surface area (Å²) in [5.74, 6) is -1.74. The number of sulfonamides is 1. The number of hydrogen-bond acceptors (Lipinski definition) is 4. The molecule has 0 saturated heterocycles. The maximum Gasteiger partial charge on any atom is 0.244 e. The van der Waals surface area contributed by atoms with Gasteiger partial charge in [0.15, 0.2) is 0 Å². The van der Waals surface area contributed by atoms with E-state index < -0.39 is 32.6 Å². The number of benzene rings is 1. The quantitative estimate of drug-likeness (QED) is 0.906. The second kappa shape index (κ2) is 5.68. The highest BCUT2D eigenvalue weighted by atomic mass is 32.2. The van der Waals surface area contributed by atoms with Crippen LogP contribution >= 0.6 is 11.3 Å². The molecule has 4 nitrogen and oxygen atoms in total. The van der Waals surface area contributed by atoms with E-state index in [0.717, 1.165) is 30.7 Å². The summed E-state index contributed by atoms with van der Waals surface area (Å²) in [4.78, 5) is 3.78. The normalized spacial score (nSPS) is 16.7. The van der Waals surface area contributed by atoms with Crippen molar-refractivity contribution in [3.8, 4) is 0 Å². The van der Waals surface area contributed by atoms with Gasteiger partial charge in [-0.15, -0.1) is 11.3 Å². The Kier molecular flexibility index (Phi) is 4.00. The SMILES string of the molecule is Cc1csc([C@@H](NS(=O)(=O)c2ccc(F)cc2F)C2CC2)n1. The largest absolute Gasteiger partial charge is 0.245 e. The molecule has 1 aromatic carbocycles. The first kappa shape index (κ1) is 15.5. The van der Waals surface area contributed by atoms with Crippen LogP contribution in [0.5, 0.6) is 0 Å². The molecular formula is C14H14F2N2O2S2. The topological polar surface area (TPSA) is 59.1 Å². The summed E-state index contributed by atoms with van der Waals surface area (Å²) in [7, 11) is -4.08. The molecule has 1 N–H and O–H groups in total. The molecule has 1 aliphatic carbocycles. The van der Waals surface area contributed by atoms with Crippen molar-refractivity contribution < 1.29 is 17.2 Å². The zero-order chi connectivity index (χ0) is 15.9. The first-order valence-corrected chi connectivity index (χ1v) is 9.12. The van der Waals surface area contributed by atoms with Gasteiger partial charge in [0.05, 0.1) is 6.04 Å². The standard InChI is InChI=1S/C14H14F2N2O2S2/c1-8-7-21-14(17-8)13(9-2-3-9)18-22(19,20)12-5-4-10(15)6-11(12)16/h4-7,9,13,18H,2-3H2,1H3/t13-/m0/s1. The minimum atomic E-state index is -4.08. The van der Waals surface area contributed by atoms with Crippen LogP contribution in [0.3, 0.4) is 0 Å². The average molecular weight is 344 g/mol. The molecule has 8 heteroatoms. The molecule has 3 rings (SSSR count). The third-order valence-electron chi connectivity index (χ3n) is 3.46. The first-order valence-electron chi connectivity index (χ1n) is 6.76. The fraction of sp³-hybridized carbons (Fsp3) is 0.357. The molecule has 1 atom stereocenters. The summed E-state index contributed by atoms with van der Waals surface area (Å²) >= 11 is 1.38. The highest BCUT2D eigenvalue weighted by Gasteiger charge is 2.37. The fourth-order valence-corrected chi connectivity index (χ4v) is 4.56. The maximum absolute atomic E-state index is 13.7. The third-order valence-corrected chi connectivity index (χ3v) is 5.98. The molecule has 1 fully saturated rings. The van der Waals surface area contributed by atoms with Crippen molar-refractivity contribution in [2.45, 2.75) is 30.7 Å². The Bertz CT molecular complexity index is 801. The van der Waals surface area contributed by atoms with Crippen LogP contribution in [-0.4, -0.2) is 13.4 Å². The third kappa shape index (κ3) is 3.18. The van der Waals surface area contributed by atoms with Gasteiger partial charge >= 0.3 is 0 Å². The van der Waals surface area contributed by atoms with Crippen LogP contribution in [0, 0.1) is 24.5 Å². The van der Waals surface area contributed by atoms with Crippen molar-refractivity contribution in [1.82, 2.24) is 9.71 Å². The zero-order valence-electron chi connectivity index (χ0n) is 11.7. The summed E-state index contributed by atoms with van der Waals surface area (Å²) in [6, 6.07) is 1.96. The molecule has 0 bridgehead atoms. The highest BCUT2D eigenvalue weighted by Crippen LogP contribution is 2.42. The molecule has 1 saturated carbocycles. The van der Waals surface area contributed by atoms with Gasteiger partial charge in [0.25, 0.3) is 0 Å². The van der Waals surface area contributed by atoms with E-state index in [1.54, 1.807) is 0 Å². The van der Waals surface area contributed by atoms with Gasteiger partial charge in [-0.3, -0.25) is 0 Å². The Balaban J connectivity index is 1.91. The van der Waals surface area contributed by atoms with Crippen molar-refractivity contribution >= 4 is 21.4 Å². The highest BCUT2D eigenvalue weighted by molar-refractivity contribution is 7.89. The number of nitrogens with one attached hydrogen (secondary N) is 1. The van der Waals surface area contributed by atoms with Crippen LogP contribution < -0.4 is 4.72 Å². The van der Waals surface area contributed by atoms with E-state index in [2.05, 4.69) is 9.71 Å². The van der Waals surface area contributed by atoms with E-state index in [1.165, 1.54) is 11.3 Å². The predicted octanol–water partition coefficient (Wildman–Crippen LogP) is 3.16. The summed E-state index contributed by atoms with van der Waals surface area (Å²) < 4.78 is 54.0. The molecule has 0 unspecified atom stereocenters. The molecule has 1 aliphatic rings. The summed E-state index contributed by atoms with van der Waals surface area (Å²) in [6.07, 6.45) is 1.80. The molecule has 0 radical (unpaired) electrons. The van der Waals surface area contributed by atoms with E-state index in [4.69, 9.17) is 0 Å². The Morgan fingerprint density at radius 3 is 2.64 bits per heavy atom. The molecule has 1 aromatic heterocycles. The van der Waals surface area contributed by atoms with Crippen LogP contribution in [0.2, 0.25) is 0 Å². The Hall–Kier alpha value is -1.38. The van der Waals surface area contributed by atoms with Gasteiger partial charge in [-0.05, 0) is 37.8 Å². The molecule has 2 aromatic rings. The van der Waals surface area contributed by atoms with E-state index >= 15 is 0 Å². The number of hydrogen-bond donors (Lipinski definition) is 1. The van der Waals surface area contributed by atoms with Crippen LogP contribution in [0.15, 0.2) is 28.5 Å². The first-order chi connectivity index (χ1) is 10.4. The zero-order valence-corrected chi connectivity index (χ0v) is 13.3. The lowest BCUT2D eigenvalue weighted by Crippen LogP contribution is -2.30. The van der Waals surface area contributed by atoms with Crippen molar-refractivity contribution in [3.63, 3.8) is 0 Å². The molecule has 1 heterocycles. The molecule has 0 spiro atoms. The van der Waals surface area contributed by atoms with Gasteiger partial charge in [-0.25, -0.2) is 26.9 Å². The molecular weight excluding hydrogens is 330 g/mol. The lowest BCUT2D eigenvalue weighted by atomic mass is 10.2. The van der Waals surface area contributed by atoms with Crippen molar-refractivity contribution in [2.75, 3.05) is 0 Å². The number of thiazole rings is 1. The summed E-state index contributed by atoms with van der Waals surface area (Å²) in [5, 5.41) is 2.52. The van der Waals surface area contributed by atoms with Gasteiger partial charge < -0.3 is 0 Å². The summed E-state index contributed by atoms with van der Waals surface area (Å²) in [6.45, 7) is 1.83. The van der Waals surface area contributed by atoms with E-state index in [1.807, 2.05) is 12.3 Å². The molecule has 118 valence electrons. The van der Waals surface area contributed by atoms with Gasteiger partial charge in [0.2, 0.25) is 10.0 Å². The van der Waals surface area contributed by atoms with Gasteiger partial charge in [-0.2, -0.15) is 0 Å². The van der Waals surface area contributed by atoms with Crippen LogP contribution in [0.25, 0.3) is 0 Å². The van der Waals surface area contributed by atoms with Gasteiger partial charge in [0, 0.05) is 17.1 Å². The average Bonchev–Trinajstić information content (AvgIpc) is 3.17. The van der Waals surface area contributed by atoms with Crippen molar-refractivity contribution in [1.29, 1.82) is 0 Å². The van der Waals surface area contributed by atoms with E-state index in [0.29, 0.717) is 11.1 Å². The van der Waals surface area contributed by atoms with E-state index in [-0.39, 0.29) is 5.92 Å². The van der Waals surface area contributed by atoms with Crippen LogP contribution in [-0.2, 0) is 10.0 Å². The van der Waals surface area contributed by atoms with Crippen LogP contribution in [0.1, 0.15) is 29.6 Å². The predicted molar refractivity (Wildman–Crippen MR) is 79.0 cm³/mol. The van der Waals surface area contributed by atoms with Crippen LogP contribution in [0.4, 0.5) is 8.78 Å². The number of rotatable bonds is 5. The molecule has 22 heavy (non-hydrogen) atoms. The number of aromatic nitrogens is 1. The molecule has 0 aliphatic heterocycles. The Labute approximate surface area is 131 Å². The maximum atomic E-state index is 13.7. The van der Waals surface area contributed by atoms with E-state index in [9.17, 15) is 17.2 Å². The number of halogens is 2. The number of aryl methyl sites for hydroxylation is 1. The molecule has 0 amide bonds. The van der Waals surface area contributed by atoms with Gasteiger partial charge in [-0.1, -0.05) is 0 Å². The number of nitrogens with zero attached hydrogens (tertiary/aromatic N) is 1. The lowest BCUT2D eigenvalue weighted by Gasteiger charge is -2.16. The monoisotopic (exact) mass is 344 g/mol. The van der Waals surface area contributed by atoms with Crippen molar-refractivity contribution in [2.24, 2.45) is 5.92 Å². The van der Waals surface area contributed by atoms with Gasteiger partial charge in [0.1, 0.15) is 21.5 Å². The summed E-state index contributed by atoms with van der Waals surface area (Å²) in [5.41, 5.74) is 0.817. The Morgan fingerprint density at radius 2 is 2.09 bits per heavy atom. The fourth-order valence-electron chi connectivity index (χ4n) is 2.22. The Morgan fingerprint density at radius 1 is 1.36 bits per heavy atom. The minimum absolute atomic E-state index is 0.170.